The molecule has 0 fully saturated rings. The Balaban J connectivity index is 0.793. The van der Waals surface area contributed by atoms with Crippen LogP contribution in [0, 0.1) is 5.82 Å². The van der Waals surface area contributed by atoms with Crippen molar-refractivity contribution in [3.63, 3.8) is 0 Å². The third-order valence-electron chi connectivity index (χ3n) is 12.0. The second kappa shape index (κ2) is 20.9. The topological polar surface area (TPSA) is 156 Å². The Morgan fingerprint density at radius 3 is 1.36 bits per heavy atom. The van der Waals surface area contributed by atoms with Crippen molar-refractivity contribution in [2.45, 2.75) is 31.5 Å². The van der Waals surface area contributed by atoms with E-state index in [1.54, 1.807) is 97.1 Å². The van der Waals surface area contributed by atoms with E-state index in [-0.39, 0.29) is 35.5 Å². The molecule has 0 aliphatic heterocycles. The summed E-state index contributed by atoms with van der Waals surface area (Å²) in [6.45, 7) is 1.10. The van der Waals surface area contributed by atoms with Crippen molar-refractivity contribution < 1.29 is 43.3 Å². The van der Waals surface area contributed by atoms with Crippen molar-refractivity contribution >= 4 is 56.7 Å². The molecular weight excluding hydrogens is 886 g/mol. The third kappa shape index (κ3) is 10.6. The van der Waals surface area contributed by atoms with Gasteiger partial charge in [-0.05, 0) is 120 Å². The van der Waals surface area contributed by atoms with Crippen LogP contribution in [-0.4, -0.2) is 57.0 Å². The molecule has 4 N–H and O–H groups in total. The quantitative estimate of drug-likeness (QED) is 0.0543. The normalized spacial score (nSPS) is 12.0. The van der Waals surface area contributed by atoms with E-state index in [1.165, 1.54) is 35.0 Å². The zero-order valence-electron chi connectivity index (χ0n) is 37.6. The van der Waals surface area contributed by atoms with E-state index < -0.39 is 29.8 Å². The largest absolute Gasteiger partial charge is 0.492 e. The predicted molar refractivity (Wildman–Crippen MR) is 268 cm³/mol. The molecule has 0 saturated carbocycles. The molecule has 2 atom stereocenters. The van der Waals surface area contributed by atoms with Crippen LogP contribution < -0.4 is 20.1 Å². The fraction of sp³-hybridized carbons (Fsp3) is 0.103. The summed E-state index contributed by atoms with van der Waals surface area (Å²) in [5.74, 6) is -1.74. The molecule has 8 aromatic carbocycles. The number of aliphatic carboxylic acids is 2. The van der Waals surface area contributed by atoms with Gasteiger partial charge in [-0.25, -0.2) is 14.0 Å². The lowest BCUT2D eigenvalue weighted by atomic mass is 10.00. The summed E-state index contributed by atoms with van der Waals surface area (Å²) in [7, 11) is 0. The number of nitrogens with zero attached hydrogens (tertiary/aromatic N) is 1. The molecule has 0 bridgehead atoms. The summed E-state index contributed by atoms with van der Waals surface area (Å²) in [6, 6.07) is 53.9. The molecule has 0 amide bonds. The number of carbonyl (C=O) groups is 4. The van der Waals surface area contributed by atoms with Gasteiger partial charge in [0.25, 0.3) is 0 Å². The first-order valence-corrected chi connectivity index (χ1v) is 22.6. The van der Waals surface area contributed by atoms with E-state index >= 15 is 0 Å². The number of carbonyl (C=O) groups excluding carboxylic acids is 2. The monoisotopic (exact) mass is 931 g/mol. The first-order valence-electron chi connectivity index (χ1n) is 22.6. The van der Waals surface area contributed by atoms with E-state index in [2.05, 4.69) is 39.5 Å². The molecule has 0 aliphatic rings. The number of ketones is 2. The maximum absolute atomic E-state index is 13.9. The number of nitrogens with one attached hydrogen (secondary N) is 2. The van der Waals surface area contributed by atoms with Crippen LogP contribution in [0.15, 0.2) is 194 Å². The molecule has 2 unspecified atom stereocenters. The number of halogens is 1. The van der Waals surface area contributed by atoms with Gasteiger partial charge in [-0.1, -0.05) is 84.9 Å². The van der Waals surface area contributed by atoms with Crippen molar-refractivity contribution in [3.05, 3.63) is 233 Å². The van der Waals surface area contributed by atoms with Crippen LogP contribution in [0.5, 0.6) is 17.2 Å². The molecule has 9 rings (SSSR count). The minimum absolute atomic E-state index is 0.0874. The lowest BCUT2D eigenvalue weighted by molar-refractivity contribution is -0.138. The Bertz CT molecular complexity index is 3280. The summed E-state index contributed by atoms with van der Waals surface area (Å²) in [6.07, 6.45) is 0.240. The zero-order chi connectivity index (χ0) is 48.6. The molecule has 0 saturated heterocycles. The number of carboxylic acids is 2. The van der Waals surface area contributed by atoms with Crippen LogP contribution in [0.1, 0.15) is 43.0 Å². The van der Waals surface area contributed by atoms with Gasteiger partial charge in [0.2, 0.25) is 0 Å². The highest BCUT2D eigenvalue weighted by molar-refractivity contribution is 6.13. The van der Waals surface area contributed by atoms with Gasteiger partial charge in [0.15, 0.2) is 11.6 Å². The first-order chi connectivity index (χ1) is 34.1. The number of para-hydroxylation sites is 4. The average molecular weight is 932 g/mol. The molecule has 12 heteroatoms. The van der Waals surface area contributed by atoms with Crippen LogP contribution >= 0.6 is 0 Å². The highest BCUT2D eigenvalue weighted by Gasteiger charge is 2.24. The number of benzene rings is 8. The molecule has 9 aromatic rings. The maximum atomic E-state index is 13.9. The Kier molecular flexibility index (Phi) is 13.7. The summed E-state index contributed by atoms with van der Waals surface area (Å²) in [5, 5.41) is 28.9. The molecule has 70 heavy (non-hydrogen) atoms. The number of ether oxygens (including phenoxy) is 2. The number of aromatic nitrogens is 1. The Morgan fingerprint density at radius 2 is 0.886 bits per heavy atom. The standard InChI is InChI=1S/C58H46FN3O8/c59-41-25-21-39(22-26-41)55(63)47-11-1-5-13-49(47)60-52(58(67)68)36-38-19-29-43(30-20-38)70-44-31-23-40(24-32-44)56(64)48-12-2-6-14-50(48)61-51(57(65)66)35-37-17-27-42(28-18-37)69-34-33-62-53-15-7-3-9-45(53)46-10-4-8-16-54(46)62/h1-32,51-52,60-61H,33-36H2,(H,65,66)(H,67,68). The number of carboxylic acid groups (broad SMARTS) is 2. The minimum Gasteiger partial charge on any atom is -0.492 e. The van der Waals surface area contributed by atoms with Crippen molar-refractivity contribution in [1.82, 2.24) is 4.57 Å². The number of fused-ring (bicyclic) bond motifs is 3. The predicted octanol–water partition coefficient (Wildman–Crippen LogP) is 11.5. The summed E-state index contributed by atoms with van der Waals surface area (Å²) in [5.41, 5.74) is 5.68. The molecule has 0 spiro atoms. The molecular formula is C58H46FN3O8. The summed E-state index contributed by atoms with van der Waals surface area (Å²) >= 11 is 0. The van der Waals surface area contributed by atoms with E-state index in [4.69, 9.17) is 9.47 Å². The van der Waals surface area contributed by atoms with Gasteiger partial charge >= 0.3 is 11.9 Å². The van der Waals surface area contributed by atoms with Gasteiger partial charge in [0.05, 0.1) is 6.54 Å². The summed E-state index contributed by atoms with van der Waals surface area (Å²) < 4.78 is 27.9. The van der Waals surface area contributed by atoms with Gasteiger partial charge in [-0.2, -0.15) is 0 Å². The summed E-state index contributed by atoms with van der Waals surface area (Å²) in [4.78, 5) is 52.0. The van der Waals surface area contributed by atoms with Crippen LogP contribution in [0.4, 0.5) is 15.8 Å². The van der Waals surface area contributed by atoms with Crippen molar-refractivity contribution in [2.75, 3.05) is 17.2 Å². The lowest BCUT2D eigenvalue weighted by Gasteiger charge is -2.19. The number of hydrogen-bond donors (Lipinski definition) is 4. The number of rotatable bonds is 20. The van der Waals surface area contributed by atoms with Gasteiger partial charge < -0.3 is 34.9 Å². The molecule has 348 valence electrons. The molecule has 0 radical (unpaired) electrons. The highest BCUT2D eigenvalue weighted by Crippen LogP contribution is 2.30. The smallest absolute Gasteiger partial charge is 0.326 e. The molecule has 1 heterocycles. The van der Waals surface area contributed by atoms with Crippen molar-refractivity contribution in [2.24, 2.45) is 0 Å². The maximum Gasteiger partial charge on any atom is 0.326 e. The number of anilines is 2. The third-order valence-corrected chi connectivity index (χ3v) is 12.0. The molecule has 0 aliphatic carbocycles. The van der Waals surface area contributed by atoms with E-state index in [9.17, 15) is 33.8 Å². The Morgan fingerprint density at radius 1 is 0.486 bits per heavy atom. The Labute approximate surface area is 402 Å². The average Bonchev–Trinajstić information content (AvgIpc) is 3.70. The van der Waals surface area contributed by atoms with Crippen LogP contribution in [0.2, 0.25) is 0 Å². The van der Waals surface area contributed by atoms with Gasteiger partial charge in [-0.15, -0.1) is 0 Å². The second-order valence-corrected chi connectivity index (χ2v) is 16.7. The molecule has 1 aromatic heterocycles. The van der Waals surface area contributed by atoms with Gasteiger partial charge in [-0.3, -0.25) is 9.59 Å². The lowest BCUT2D eigenvalue weighted by Crippen LogP contribution is -2.32. The van der Waals surface area contributed by atoms with Crippen LogP contribution in [0.25, 0.3) is 21.8 Å². The first kappa shape index (κ1) is 46.1. The van der Waals surface area contributed by atoms with E-state index in [0.29, 0.717) is 58.5 Å². The van der Waals surface area contributed by atoms with Crippen LogP contribution in [-0.2, 0) is 29.0 Å². The van der Waals surface area contributed by atoms with Gasteiger partial charge in [0.1, 0.15) is 41.8 Å². The fourth-order valence-electron chi connectivity index (χ4n) is 8.50. The van der Waals surface area contributed by atoms with Gasteiger partial charge in [0, 0.05) is 68.3 Å². The van der Waals surface area contributed by atoms with Crippen molar-refractivity contribution in [1.29, 1.82) is 0 Å². The van der Waals surface area contributed by atoms with E-state index in [0.717, 1.165) is 16.6 Å². The van der Waals surface area contributed by atoms with E-state index in [1.807, 2.05) is 48.5 Å². The fourth-order valence-corrected chi connectivity index (χ4v) is 8.50. The van der Waals surface area contributed by atoms with Crippen molar-refractivity contribution in [3.8, 4) is 17.2 Å². The van der Waals surface area contributed by atoms with Crippen LogP contribution in [0.3, 0.4) is 0 Å². The highest BCUT2D eigenvalue weighted by atomic mass is 19.1. The number of hydrogen-bond acceptors (Lipinski definition) is 8. The minimum atomic E-state index is -1.12. The SMILES string of the molecule is O=C(c1ccc(F)cc1)c1ccccc1NC(Cc1ccc(Oc2ccc(C(=O)c3ccccc3NC(Cc3ccc(OCCn4c5ccccc5c5ccccc54)cc3)C(=O)O)cc2)cc1)C(=O)O. The second-order valence-electron chi connectivity index (χ2n) is 16.7. The molecule has 11 nitrogen and oxygen atoms in total. The Hall–Kier alpha value is -9.03. The zero-order valence-corrected chi connectivity index (χ0v) is 37.6.